The van der Waals surface area contributed by atoms with Crippen LogP contribution >= 0.6 is 0 Å². The molecule has 0 aliphatic carbocycles. The number of nitrogens with zero attached hydrogens (tertiary/aromatic N) is 6. The van der Waals surface area contributed by atoms with Crippen molar-refractivity contribution in [3.05, 3.63) is 84.2 Å². The van der Waals surface area contributed by atoms with E-state index >= 15 is 0 Å². The summed E-state index contributed by atoms with van der Waals surface area (Å²) < 4.78 is 7.31. The van der Waals surface area contributed by atoms with Crippen LogP contribution in [0.2, 0.25) is 0 Å². The third-order valence-corrected chi connectivity index (χ3v) is 6.24. The van der Waals surface area contributed by atoms with Crippen molar-refractivity contribution in [1.29, 1.82) is 0 Å². The first-order valence-corrected chi connectivity index (χ1v) is 11.9. The van der Waals surface area contributed by atoms with E-state index in [1.807, 2.05) is 90.2 Å². The number of carbonyl (C=O) groups is 1. The summed E-state index contributed by atoms with van der Waals surface area (Å²) in [4.78, 5) is 17.2. The van der Waals surface area contributed by atoms with Gasteiger partial charge >= 0.3 is 0 Å². The third-order valence-electron chi connectivity index (χ3n) is 6.24. The lowest BCUT2D eigenvalue weighted by Crippen LogP contribution is -2.49. The van der Waals surface area contributed by atoms with Crippen LogP contribution in [0.4, 0.5) is 5.82 Å². The maximum Gasteiger partial charge on any atom is 0.257 e. The van der Waals surface area contributed by atoms with Crippen molar-refractivity contribution in [2.24, 2.45) is 0 Å². The zero-order valence-electron chi connectivity index (χ0n) is 20.0. The van der Waals surface area contributed by atoms with E-state index in [2.05, 4.69) is 20.2 Å². The molecule has 0 unspecified atom stereocenters. The van der Waals surface area contributed by atoms with Crippen LogP contribution in [0.5, 0.6) is 5.75 Å². The molecule has 1 amide bonds. The molecular formula is C27H28N6O2. The largest absolute Gasteiger partial charge is 0.494 e. The van der Waals surface area contributed by atoms with Gasteiger partial charge in [0.05, 0.1) is 35.4 Å². The number of amides is 1. The van der Waals surface area contributed by atoms with E-state index in [4.69, 9.17) is 4.74 Å². The lowest BCUT2D eigenvalue weighted by molar-refractivity contribution is 0.0745. The van der Waals surface area contributed by atoms with Gasteiger partial charge in [-0.2, -0.15) is 5.10 Å². The molecule has 0 N–H and O–H groups in total. The number of hydrogen-bond acceptors (Lipinski definition) is 6. The van der Waals surface area contributed by atoms with Crippen molar-refractivity contribution in [2.45, 2.75) is 13.8 Å². The Bertz CT molecular complexity index is 1280. The maximum absolute atomic E-state index is 13.2. The first-order chi connectivity index (χ1) is 17.1. The van der Waals surface area contributed by atoms with E-state index in [-0.39, 0.29) is 5.91 Å². The lowest BCUT2D eigenvalue weighted by Gasteiger charge is -2.35. The van der Waals surface area contributed by atoms with Crippen molar-refractivity contribution in [3.63, 3.8) is 0 Å². The summed E-state index contributed by atoms with van der Waals surface area (Å²) in [6, 6.07) is 21.7. The molecule has 1 saturated heterocycles. The summed E-state index contributed by atoms with van der Waals surface area (Å²) in [6.07, 6.45) is 1.67. The third kappa shape index (κ3) is 4.73. The van der Waals surface area contributed by atoms with Crippen molar-refractivity contribution in [1.82, 2.24) is 24.9 Å². The Morgan fingerprint density at radius 2 is 1.66 bits per heavy atom. The predicted molar refractivity (Wildman–Crippen MR) is 135 cm³/mol. The minimum atomic E-state index is 0.0151. The summed E-state index contributed by atoms with van der Waals surface area (Å²) in [5.74, 6) is 1.68. The van der Waals surface area contributed by atoms with E-state index in [1.165, 1.54) is 0 Å². The highest BCUT2D eigenvalue weighted by Crippen LogP contribution is 2.23. The lowest BCUT2D eigenvalue weighted by atomic mass is 10.1. The quantitative estimate of drug-likeness (QED) is 0.426. The Morgan fingerprint density at radius 1 is 0.914 bits per heavy atom. The molecule has 0 atom stereocenters. The van der Waals surface area contributed by atoms with E-state index in [1.54, 1.807) is 6.20 Å². The number of ether oxygens (including phenoxy) is 1. The topological polar surface area (TPSA) is 76.4 Å². The molecule has 35 heavy (non-hydrogen) atoms. The number of benzene rings is 2. The fraction of sp³-hybridized carbons (Fsp3) is 0.259. The first kappa shape index (κ1) is 22.6. The van der Waals surface area contributed by atoms with Crippen LogP contribution in [0, 0.1) is 6.92 Å². The molecule has 4 aromatic rings. The van der Waals surface area contributed by atoms with Crippen molar-refractivity contribution in [2.75, 3.05) is 37.7 Å². The summed E-state index contributed by atoms with van der Waals surface area (Å²) >= 11 is 0. The van der Waals surface area contributed by atoms with Crippen LogP contribution in [-0.2, 0) is 0 Å². The van der Waals surface area contributed by atoms with Gasteiger partial charge in [0.2, 0.25) is 0 Å². The van der Waals surface area contributed by atoms with Crippen LogP contribution < -0.4 is 9.64 Å². The highest BCUT2D eigenvalue weighted by Gasteiger charge is 2.26. The minimum absolute atomic E-state index is 0.0151. The van der Waals surface area contributed by atoms with Crippen molar-refractivity contribution >= 4 is 11.7 Å². The second-order valence-corrected chi connectivity index (χ2v) is 8.40. The Hall–Kier alpha value is -4.20. The fourth-order valence-corrected chi connectivity index (χ4v) is 4.29. The van der Waals surface area contributed by atoms with Crippen LogP contribution in [0.25, 0.3) is 16.9 Å². The molecule has 1 aliphatic rings. The second-order valence-electron chi connectivity index (χ2n) is 8.40. The van der Waals surface area contributed by atoms with Crippen molar-refractivity contribution < 1.29 is 9.53 Å². The molecule has 0 spiro atoms. The van der Waals surface area contributed by atoms with Crippen LogP contribution in [0.3, 0.4) is 0 Å². The average molecular weight is 469 g/mol. The summed E-state index contributed by atoms with van der Waals surface area (Å²) in [6.45, 7) is 7.20. The molecule has 1 fully saturated rings. The summed E-state index contributed by atoms with van der Waals surface area (Å²) in [5.41, 5.74) is 4.24. The number of aromatic nitrogens is 4. The van der Waals surface area contributed by atoms with E-state index in [9.17, 15) is 4.79 Å². The molecule has 1 aliphatic heterocycles. The average Bonchev–Trinajstić information content (AvgIpc) is 3.31. The summed E-state index contributed by atoms with van der Waals surface area (Å²) in [5, 5.41) is 13.3. The van der Waals surface area contributed by atoms with Gasteiger partial charge in [0.25, 0.3) is 5.91 Å². The number of carbonyl (C=O) groups excluding carboxylic acids is 1. The molecule has 0 bridgehead atoms. The van der Waals surface area contributed by atoms with Gasteiger partial charge in [0.1, 0.15) is 5.75 Å². The molecular weight excluding hydrogens is 440 g/mol. The Balaban J connectivity index is 1.21. The Morgan fingerprint density at radius 3 is 2.31 bits per heavy atom. The smallest absolute Gasteiger partial charge is 0.257 e. The van der Waals surface area contributed by atoms with Gasteiger partial charge in [-0.1, -0.05) is 18.2 Å². The molecule has 0 radical (unpaired) electrons. The number of para-hydroxylation sites is 1. The standard InChI is InChI=1S/C27H28N6O2/c1-3-35-23-11-9-21(10-12-23)25-13-14-26(30-29-25)31-15-17-32(18-16-31)27(34)24-19-28-33(20(24)2)22-7-5-4-6-8-22/h4-14,19H,3,15-18H2,1-2H3. The minimum Gasteiger partial charge on any atom is -0.494 e. The van der Waals surface area contributed by atoms with E-state index < -0.39 is 0 Å². The second kappa shape index (κ2) is 9.97. The molecule has 178 valence electrons. The fourth-order valence-electron chi connectivity index (χ4n) is 4.29. The SMILES string of the molecule is CCOc1ccc(-c2ccc(N3CCN(C(=O)c4cnn(-c5ccccc5)c4C)CC3)nn2)cc1. The van der Waals surface area contributed by atoms with Gasteiger partial charge in [-0.05, 0) is 62.4 Å². The normalized spacial score (nSPS) is 13.7. The zero-order chi connectivity index (χ0) is 24.2. The van der Waals surface area contributed by atoms with Gasteiger partial charge in [-0.3, -0.25) is 4.79 Å². The van der Waals surface area contributed by atoms with Crippen LogP contribution in [-0.4, -0.2) is 63.6 Å². The summed E-state index contributed by atoms with van der Waals surface area (Å²) in [7, 11) is 0. The highest BCUT2D eigenvalue weighted by atomic mass is 16.5. The van der Waals surface area contributed by atoms with Gasteiger partial charge in [0.15, 0.2) is 5.82 Å². The van der Waals surface area contributed by atoms with Gasteiger partial charge in [0, 0.05) is 31.7 Å². The number of rotatable bonds is 6. The zero-order valence-corrected chi connectivity index (χ0v) is 20.0. The monoisotopic (exact) mass is 468 g/mol. The Labute approximate surface area is 204 Å². The Kier molecular flexibility index (Phi) is 6.43. The predicted octanol–water partition coefficient (Wildman–Crippen LogP) is 4.00. The molecule has 2 aromatic carbocycles. The van der Waals surface area contributed by atoms with Gasteiger partial charge in [-0.15, -0.1) is 10.2 Å². The molecule has 8 nitrogen and oxygen atoms in total. The number of piperazine rings is 1. The van der Waals surface area contributed by atoms with Crippen molar-refractivity contribution in [3.8, 4) is 22.7 Å². The van der Waals surface area contributed by atoms with E-state index in [0.717, 1.165) is 34.2 Å². The van der Waals surface area contributed by atoms with Gasteiger partial charge < -0.3 is 14.5 Å². The number of hydrogen-bond donors (Lipinski definition) is 0. The van der Waals surface area contributed by atoms with Crippen LogP contribution in [0.1, 0.15) is 23.0 Å². The molecule has 8 heteroatoms. The molecule has 0 saturated carbocycles. The highest BCUT2D eigenvalue weighted by molar-refractivity contribution is 5.95. The molecule has 5 rings (SSSR count). The van der Waals surface area contributed by atoms with E-state index in [0.29, 0.717) is 38.3 Å². The molecule has 3 heterocycles. The number of anilines is 1. The maximum atomic E-state index is 13.2. The first-order valence-electron chi connectivity index (χ1n) is 11.9. The van der Waals surface area contributed by atoms with Crippen LogP contribution in [0.15, 0.2) is 72.9 Å². The van der Waals surface area contributed by atoms with Gasteiger partial charge in [-0.25, -0.2) is 4.68 Å². The molecule has 2 aromatic heterocycles.